The summed E-state index contributed by atoms with van der Waals surface area (Å²) in [5, 5.41) is 0.725. The predicted molar refractivity (Wildman–Crippen MR) is 88.4 cm³/mol. The summed E-state index contributed by atoms with van der Waals surface area (Å²) in [7, 11) is 0. The number of hydrogen-bond donors (Lipinski definition) is 1. The second-order valence-corrected chi connectivity index (χ2v) is 5.89. The highest BCUT2D eigenvalue weighted by Crippen LogP contribution is 2.25. The lowest BCUT2D eigenvalue weighted by atomic mass is 10.0. The number of ketones is 1. The highest BCUT2D eigenvalue weighted by atomic mass is 35.5. The molecule has 2 rings (SSSR count). The van der Waals surface area contributed by atoms with Gasteiger partial charge in [0.2, 0.25) is 0 Å². The van der Waals surface area contributed by atoms with Crippen LogP contribution in [-0.4, -0.2) is 11.7 Å². The van der Waals surface area contributed by atoms with E-state index in [1.165, 1.54) is 0 Å². The Morgan fingerprint density at radius 1 is 1.00 bits per heavy atom. The average molecular weight is 325 g/mol. The minimum atomic E-state index is -0.0127. The molecule has 0 fully saturated rings. The van der Waals surface area contributed by atoms with E-state index < -0.39 is 0 Å². The fourth-order valence-electron chi connectivity index (χ4n) is 1.89. The molecule has 0 saturated carbocycles. The fourth-order valence-corrected chi connectivity index (χ4v) is 2.69. The molecule has 0 N–H and O–H groups in total. The molecule has 0 amide bonds. The van der Waals surface area contributed by atoms with Crippen molar-refractivity contribution in [1.82, 2.24) is 0 Å². The minimum absolute atomic E-state index is 0.0127. The summed E-state index contributed by atoms with van der Waals surface area (Å²) in [5.74, 6) is 0.556. The molecule has 0 aliphatic rings. The monoisotopic (exact) mass is 324 g/mol. The molecule has 0 radical (unpaired) electrons. The molecule has 0 bridgehead atoms. The van der Waals surface area contributed by atoms with Gasteiger partial charge in [-0.1, -0.05) is 35.9 Å². The van der Waals surface area contributed by atoms with Gasteiger partial charge in [0.1, 0.15) is 0 Å². The van der Waals surface area contributed by atoms with E-state index in [0.29, 0.717) is 22.0 Å². The van der Waals surface area contributed by atoms with Crippen LogP contribution in [0.3, 0.4) is 0 Å². The highest BCUT2D eigenvalue weighted by molar-refractivity contribution is 7.80. The van der Waals surface area contributed by atoms with Crippen molar-refractivity contribution < 1.29 is 4.79 Å². The molecule has 2 aromatic carbocycles. The van der Waals surface area contributed by atoms with Gasteiger partial charge in [-0.2, -0.15) is 12.6 Å². The van der Waals surface area contributed by atoms with Gasteiger partial charge in [0.05, 0.1) is 0 Å². The third kappa shape index (κ3) is 3.78. The summed E-state index contributed by atoms with van der Waals surface area (Å²) < 4.78 is 0. The van der Waals surface area contributed by atoms with Gasteiger partial charge in [-0.05, 0) is 36.2 Å². The van der Waals surface area contributed by atoms with E-state index in [9.17, 15) is 4.79 Å². The Morgan fingerprint density at radius 3 is 2.00 bits per heavy atom. The number of thiol groups is 1. The molecular formula is C16H14Cl2OS. The third-order valence-electron chi connectivity index (χ3n) is 3.05. The number of rotatable bonds is 5. The number of hydrogen-bond acceptors (Lipinski definition) is 2. The van der Waals surface area contributed by atoms with Crippen molar-refractivity contribution in [3.05, 3.63) is 70.2 Å². The molecule has 0 aliphatic carbocycles. The molecule has 0 saturated heterocycles. The summed E-state index contributed by atoms with van der Waals surface area (Å²) in [6.07, 6.45) is 0.801. The van der Waals surface area contributed by atoms with E-state index in [0.717, 1.165) is 12.0 Å². The van der Waals surface area contributed by atoms with Gasteiger partial charge in [-0.25, -0.2) is 0 Å². The SMILES string of the molecule is O=C(c1ccc(Cl)cc1)c1ccc(C(S)CCCl)cc1. The zero-order valence-corrected chi connectivity index (χ0v) is 13.1. The summed E-state index contributed by atoms with van der Waals surface area (Å²) >= 11 is 16.0. The summed E-state index contributed by atoms with van der Waals surface area (Å²) in [5.41, 5.74) is 2.36. The van der Waals surface area contributed by atoms with E-state index in [4.69, 9.17) is 23.2 Å². The first-order valence-electron chi connectivity index (χ1n) is 6.26. The van der Waals surface area contributed by atoms with Crippen molar-refractivity contribution >= 4 is 41.6 Å². The molecule has 20 heavy (non-hydrogen) atoms. The van der Waals surface area contributed by atoms with Crippen LogP contribution in [-0.2, 0) is 0 Å². The van der Waals surface area contributed by atoms with Crippen molar-refractivity contribution in [2.45, 2.75) is 11.7 Å². The lowest BCUT2D eigenvalue weighted by Gasteiger charge is -2.09. The summed E-state index contributed by atoms with van der Waals surface area (Å²) in [4.78, 5) is 12.3. The van der Waals surface area contributed by atoms with Crippen molar-refractivity contribution in [1.29, 1.82) is 0 Å². The van der Waals surface area contributed by atoms with E-state index in [2.05, 4.69) is 12.6 Å². The first kappa shape index (κ1) is 15.4. The topological polar surface area (TPSA) is 17.1 Å². The molecule has 0 spiro atoms. The Labute approximate surface area is 134 Å². The van der Waals surface area contributed by atoms with E-state index in [-0.39, 0.29) is 11.0 Å². The van der Waals surface area contributed by atoms with Crippen molar-refractivity contribution in [2.75, 3.05) is 5.88 Å². The van der Waals surface area contributed by atoms with Gasteiger partial charge in [-0.3, -0.25) is 4.79 Å². The van der Waals surface area contributed by atoms with Gasteiger partial charge in [0.15, 0.2) is 5.78 Å². The van der Waals surface area contributed by atoms with Crippen LogP contribution in [0.15, 0.2) is 48.5 Å². The van der Waals surface area contributed by atoms with Crippen molar-refractivity contribution in [3.63, 3.8) is 0 Å². The summed E-state index contributed by atoms with van der Waals surface area (Å²) in [6, 6.07) is 14.4. The van der Waals surface area contributed by atoms with E-state index in [1.807, 2.05) is 24.3 Å². The molecule has 0 aliphatic heterocycles. The molecular weight excluding hydrogens is 311 g/mol. The van der Waals surface area contributed by atoms with Crippen molar-refractivity contribution in [3.8, 4) is 0 Å². The smallest absolute Gasteiger partial charge is 0.193 e. The quantitative estimate of drug-likeness (QED) is 0.456. The molecule has 2 aromatic rings. The zero-order valence-electron chi connectivity index (χ0n) is 10.7. The summed E-state index contributed by atoms with van der Waals surface area (Å²) in [6.45, 7) is 0. The number of benzene rings is 2. The number of carbonyl (C=O) groups is 1. The second-order valence-electron chi connectivity index (χ2n) is 4.45. The van der Waals surface area contributed by atoms with Gasteiger partial charge in [-0.15, -0.1) is 11.6 Å². The molecule has 1 nitrogen and oxygen atoms in total. The maximum absolute atomic E-state index is 12.3. The molecule has 1 unspecified atom stereocenters. The van der Waals surface area contributed by atoms with Crippen LogP contribution in [0.5, 0.6) is 0 Å². The number of alkyl halides is 1. The first-order valence-corrected chi connectivity index (χ1v) is 7.69. The van der Waals surface area contributed by atoms with E-state index >= 15 is 0 Å². The zero-order chi connectivity index (χ0) is 14.5. The molecule has 4 heteroatoms. The maximum Gasteiger partial charge on any atom is 0.193 e. The van der Waals surface area contributed by atoms with E-state index in [1.54, 1.807) is 24.3 Å². The molecule has 1 atom stereocenters. The number of carbonyl (C=O) groups excluding carboxylic acids is 1. The first-order chi connectivity index (χ1) is 9.61. The van der Waals surface area contributed by atoms with Crippen LogP contribution in [0.2, 0.25) is 5.02 Å². The van der Waals surface area contributed by atoms with Crippen LogP contribution < -0.4 is 0 Å². The Morgan fingerprint density at radius 2 is 1.50 bits per heavy atom. The van der Waals surface area contributed by atoms with Gasteiger partial charge < -0.3 is 0 Å². The molecule has 0 heterocycles. The highest BCUT2D eigenvalue weighted by Gasteiger charge is 2.10. The Balaban J connectivity index is 2.17. The molecule has 104 valence electrons. The second kappa shape index (κ2) is 7.16. The third-order valence-corrected chi connectivity index (χ3v) is 4.07. The van der Waals surface area contributed by atoms with Crippen LogP contribution in [0.4, 0.5) is 0 Å². The standard InChI is InChI=1S/C16H14Cl2OS/c17-10-9-15(20)11-1-3-12(4-2-11)16(19)13-5-7-14(18)8-6-13/h1-8,15,20H,9-10H2. The normalized spacial score (nSPS) is 12.2. The minimum Gasteiger partial charge on any atom is -0.289 e. The maximum atomic E-state index is 12.3. The molecule has 0 aromatic heterocycles. The van der Waals surface area contributed by atoms with Gasteiger partial charge >= 0.3 is 0 Å². The number of halogens is 2. The predicted octanol–water partition coefficient (Wildman–Crippen LogP) is 5.17. The fraction of sp³-hybridized carbons (Fsp3) is 0.188. The van der Waals surface area contributed by atoms with Crippen LogP contribution in [0, 0.1) is 0 Å². The largest absolute Gasteiger partial charge is 0.289 e. The van der Waals surface area contributed by atoms with Crippen LogP contribution in [0.25, 0.3) is 0 Å². The lowest BCUT2D eigenvalue weighted by Crippen LogP contribution is -2.01. The van der Waals surface area contributed by atoms with Crippen LogP contribution >= 0.6 is 35.8 Å². The van der Waals surface area contributed by atoms with Crippen LogP contribution in [0.1, 0.15) is 33.2 Å². The van der Waals surface area contributed by atoms with Gasteiger partial charge in [0.25, 0.3) is 0 Å². The van der Waals surface area contributed by atoms with Gasteiger partial charge in [0, 0.05) is 27.3 Å². The average Bonchev–Trinajstić information content (AvgIpc) is 2.48. The Hall–Kier alpha value is -0.960. The Bertz CT molecular complexity index is 578. The lowest BCUT2D eigenvalue weighted by molar-refractivity contribution is 0.103. The van der Waals surface area contributed by atoms with Crippen molar-refractivity contribution in [2.24, 2.45) is 0 Å². The Kier molecular flexibility index (Phi) is 5.53.